The van der Waals surface area contributed by atoms with E-state index >= 15 is 0 Å². The van der Waals surface area contributed by atoms with Gasteiger partial charge < -0.3 is 15.2 Å². The normalized spacial score (nSPS) is 10.2. The monoisotopic (exact) mass is 375 g/mol. The number of carbonyl (C=O) groups excluding carboxylic acids is 2. The lowest BCUT2D eigenvalue weighted by molar-refractivity contribution is -0.115. The Kier molecular flexibility index (Phi) is 6.74. The van der Waals surface area contributed by atoms with Crippen molar-refractivity contribution in [2.75, 3.05) is 11.9 Å². The second-order valence-corrected chi connectivity index (χ2v) is 5.92. The highest BCUT2D eigenvalue weighted by Crippen LogP contribution is 2.22. The molecule has 0 spiro atoms. The summed E-state index contributed by atoms with van der Waals surface area (Å²) in [5.74, 6) is -2.01. The summed E-state index contributed by atoms with van der Waals surface area (Å²) in [5.41, 5.74) is 1.10. The number of hydrogen-bond donors (Lipinski definition) is 2. The van der Waals surface area contributed by atoms with Crippen molar-refractivity contribution in [3.63, 3.8) is 0 Å². The fourth-order valence-electron chi connectivity index (χ4n) is 2.29. The number of amides is 1. The molecule has 2 rings (SSSR count). The smallest absolute Gasteiger partial charge is 0.339 e. The molecule has 0 bridgehead atoms. The predicted molar refractivity (Wildman–Crippen MR) is 97.8 cm³/mol. The third-order valence-electron chi connectivity index (χ3n) is 3.51. The lowest BCUT2D eigenvalue weighted by Crippen LogP contribution is -2.16. The van der Waals surface area contributed by atoms with Gasteiger partial charge in [-0.3, -0.25) is 4.79 Å². The molecule has 0 aliphatic rings. The maximum atomic E-state index is 12.2. The molecule has 2 aromatic rings. The zero-order valence-electron chi connectivity index (χ0n) is 14.1. The Balaban J connectivity index is 2.07. The highest BCUT2D eigenvalue weighted by atomic mass is 35.5. The number of carboxylic acids is 1. The van der Waals surface area contributed by atoms with E-state index < -0.39 is 17.8 Å². The van der Waals surface area contributed by atoms with E-state index in [0.717, 1.165) is 0 Å². The maximum absolute atomic E-state index is 12.2. The van der Waals surface area contributed by atoms with Crippen LogP contribution in [0.15, 0.2) is 42.5 Å². The molecule has 0 atom stereocenters. The van der Waals surface area contributed by atoms with Gasteiger partial charge >= 0.3 is 11.9 Å². The highest BCUT2D eigenvalue weighted by Gasteiger charge is 2.15. The van der Waals surface area contributed by atoms with Crippen LogP contribution in [-0.2, 0) is 16.0 Å². The Morgan fingerprint density at radius 1 is 1.12 bits per heavy atom. The molecule has 0 aliphatic carbocycles. The van der Waals surface area contributed by atoms with Gasteiger partial charge in [0.15, 0.2) is 0 Å². The summed E-state index contributed by atoms with van der Waals surface area (Å²) in [5, 5.41) is 12.0. The predicted octanol–water partition coefficient (Wildman–Crippen LogP) is 3.79. The number of rotatable bonds is 7. The molecule has 26 heavy (non-hydrogen) atoms. The number of anilines is 1. The van der Waals surface area contributed by atoms with Gasteiger partial charge in [-0.1, -0.05) is 36.7 Å². The molecule has 2 N–H and O–H groups in total. The number of esters is 1. The van der Waals surface area contributed by atoms with Crippen LogP contribution in [-0.4, -0.2) is 29.6 Å². The van der Waals surface area contributed by atoms with E-state index in [9.17, 15) is 14.4 Å². The number of benzene rings is 2. The van der Waals surface area contributed by atoms with Gasteiger partial charge in [0.25, 0.3) is 0 Å². The number of carboxylic acid groups (broad SMARTS) is 1. The molecular weight excluding hydrogens is 358 g/mol. The van der Waals surface area contributed by atoms with Crippen LogP contribution >= 0.6 is 11.6 Å². The van der Waals surface area contributed by atoms with Crippen LogP contribution in [0.4, 0.5) is 5.69 Å². The molecule has 2 aromatic carbocycles. The first kappa shape index (κ1) is 19.5. The topological polar surface area (TPSA) is 92.7 Å². The summed E-state index contributed by atoms with van der Waals surface area (Å²) in [6.45, 7) is 2.19. The largest absolute Gasteiger partial charge is 0.478 e. The third-order valence-corrected chi connectivity index (χ3v) is 3.82. The zero-order valence-corrected chi connectivity index (χ0v) is 14.9. The average molecular weight is 376 g/mol. The van der Waals surface area contributed by atoms with Crippen molar-refractivity contribution in [3.05, 3.63) is 64.2 Å². The van der Waals surface area contributed by atoms with Crippen LogP contribution in [0.25, 0.3) is 0 Å². The minimum atomic E-state index is -1.09. The summed E-state index contributed by atoms with van der Waals surface area (Å²) >= 11 is 6.08. The van der Waals surface area contributed by atoms with Crippen molar-refractivity contribution in [2.24, 2.45) is 0 Å². The Hall–Kier alpha value is -2.86. The van der Waals surface area contributed by atoms with E-state index in [-0.39, 0.29) is 22.6 Å². The Labute approximate surface area is 155 Å². The zero-order chi connectivity index (χ0) is 19.1. The van der Waals surface area contributed by atoms with Gasteiger partial charge in [-0.2, -0.15) is 0 Å². The van der Waals surface area contributed by atoms with E-state index in [1.54, 1.807) is 18.2 Å². The number of ether oxygens (including phenoxy) is 1. The first-order chi connectivity index (χ1) is 12.4. The van der Waals surface area contributed by atoms with Crippen LogP contribution in [0.1, 0.15) is 39.6 Å². The molecule has 0 unspecified atom stereocenters. The molecule has 0 aromatic heterocycles. The van der Waals surface area contributed by atoms with Gasteiger partial charge in [-0.15, -0.1) is 0 Å². The summed E-state index contributed by atoms with van der Waals surface area (Å²) < 4.78 is 5.03. The number of halogens is 1. The number of aromatic carboxylic acids is 1. The van der Waals surface area contributed by atoms with Crippen molar-refractivity contribution < 1.29 is 24.2 Å². The molecule has 7 heteroatoms. The van der Waals surface area contributed by atoms with Crippen LogP contribution < -0.4 is 5.32 Å². The summed E-state index contributed by atoms with van der Waals surface area (Å²) in [4.78, 5) is 35.2. The Bertz CT molecular complexity index is 834. The van der Waals surface area contributed by atoms with Gasteiger partial charge in [0.2, 0.25) is 5.91 Å². The summed E-state index contributed by atoms with van der Waals surface area (Å²) in [7, 11) is 0. The molecule has 1 amide bonds. The number of carbonyl (C=O) groups is 3. The quantitative estimate of drug-likeness (QED) is 0.718. The number of hydrogen-bond acceptors (Lipinski definition) is 4. The molecule has 0 radical (unpaired) electrons. The lowest BCUT2D eigenvalue weighted by atomic mass is 10.0. The molecule has 6 nitrogen and oxygen atoms in total. The van der Waals surface area contributed by atoms with Crippen molar-refractivity contribution in [3.8, 4) is 0 Å². The third kappa shape index (κ3) is 5.07. The first-order valence-corrected chi connectivity index (χ1v) is 8.38. The minimum absolute atomic E-state index is 0.0784. The molecule has 0 aliphatic heterocycles. The van der Waals surface area contributed by atoms with Gasteiger partial charge in [0.05, 0.1) is 29.2 Å². The summed E-state index contributed by atoms with van der Waals surface area (Å²) in [6.07, 6.45) is 0.607. The van der Waals surface area contributed by atoms with Crippen LogP contribution in [0.3, 0.4) is 0 Å². The second-order valence-electron chi connectivity index (χ2n) is 5.52. The van der Waals surface area contributed by atoms with E-state index in [1.165, 1.54) is 24.3 Å². The molecule has 0 saturated carbocycles. The molecule has 0 heterocycles. The van der Waals surface area contributed by atoms with Gasteiger partial charge in [0.1, 0.15) is 0 Å². The van der Waals surface area contributed by atoms with E-state index in [1.807, 2.05) is 6.92 Å². The molecule has 136 valence electrons. The van der Waals surface area contributed by atoms with Gasteiger partial charge in [0, 0.05) is 5.69 Å². The Morgan fingerprint density at radius 3 is 2.50 bits per heavy atom. The second kappa shape index (κ2) is 9.01. The van der Waals surface area contributed by atoms with Gasteiger partial charge in [-0.25, -0.2) is 9.59 Å². The molecule has 0 fully saturated rings. The van der Waals surface area contributed by atoms with Crippen LogP contribution in [0, 0.1) is 0 Å². The van der Waals surface area contributed by atoms with E-state index in [0.29, 0.717) is 24.3 Å². The first-order valence-electron chi connectivity index (χ1n) is 8.00. The van der Waals surface area contributed by atoms with E-state index in [2.05, 4.69) is 5.32 Å². The fourth-order valence-corrected chi connectivity index (χ4v) is 2.55. The van der Waals surface area contributed by atoms with Crippen molar-refractivity contribution in [1.82, 2.24) is 0 Å². The maximum Gasteiger partial charge on any atom is 0.339 e. The standard InChI is InChI=1S/C19H18ClNO5/c1-2-9-26-19(25)15-8-7-13(11-16(15)20)21-17(22)10-12-5-3-4-6-14(12)18(23)24/h3-8,11H,2,9-10H2,1H3,(H,21,22)(H,23,24). The van der Waals surface area contributed by atoms with E-state index in [4.69, 9.17) is 21.4 Å². The van der Waals surface area contributed by atoms with Crippen LogP contribution in [0.2, 0.25) is 5.02 Å². The Morgan fingerprint density at radius 2 is 1.85 bits per heavy atom. The van der Waals surface area contributed by atoms with Gasteiger partial charge in [-0.05, 0) is 36.2 Å². The van der Waals surface area contributed by atoms with Crippen molar-refractivity contribution in [2.45, 2.75) is 19.8 Å². The average Bonchev–Trinajstić information content (AvgIpc) is 2.60. The minimum Gasteiger partial charge on any atom is -0.478 e. The lowest BCUT2D eigenvalue weighted by Gasteiger charge is -2.10. The molecular formula is C19H18ClNO5. The fraction of sp³-hybridized carbons (Fsp3) is 0.211. The number of nitrogens with one attached hydrogen (secondary N) is 1. The van der Waals surface area contributed by atoms with Crippen LogP contribution in [0.5, 0.6) is 0 Å². The van der Waals surface area contributed by atoms with Crippen molar-refractivity contribution in [1.29, 1.82) is 0 Å². The SMILES string of the molecule is CCCOC(=O)c1ccc(NC(=O)Cc2ccccc2C(=O)O)cc1Cl. The van der Waals surface area contributed by atoms with Crippen molar-refractivity contribution >= 4 is 35.1 Å². The summed E-state index contributed by atoms with van der Waals surface area (Å²) in [6, 6.07) is 10.8. The molecule has 0 saturated heterocycles. The highest BCUT2D eigenvalue weighted by molar-refractivity contribution is 6.34.